The molecule has 1 aromatic carbocycles. The van der Waals surface area contributed by atoms with Crippen LogP contribution in [-0.2, 0) is 5.41 Å². The van der Waals surface area contributed by atoms with Crippen molar-refractivity contribution in [1.29, 1.82) is 0 Å². The predicted molar refractivity (Wildman–Crippen MR) is 60.6 cm³/mol. The Morgan fingerprint density at radius 3 is 2.64 bits per heavy atom. The van der Waals surface area contributed by atoms with Crippen molar-refractivity contribution in [3.05, 3.63) is 35.4 Å². The zero-order chi connectivity index (χ0) is 10.2. The van der Waals surface area contributed by atoms with Gasteiger partial charge in [-0.25, -0.2) is 0 Å². The summed E-state index contributed by atoms with van der Waals surface area (Å²) in [5.74, 6) is 0. The van der Waals surface area contributed by atoms with Crippen LogP contribution in [0.4, 0.5) is 0 Å². The van der Waals surface area contributed by atoms with Crippen LogP contribution in [0.2, 0.25) is 0 Å². The van der Waals surface area contributed by atoms with Gasteiger partial charge in [0.1, 0.15) is 0 Å². The molecule has 1 heteroatoms. The average Bonchev–Trinajstić information content (AvgIpc) is 2.49. The quantitative estimate of drug-likeness (QED) is 0.716. The molecule has 0 saturated carbocycles. The molecular weight excluding hydrogens is 170 g/mol. The van der Waals surface area contributed by atoms with Gasteiger partial charge in [-0.1, -0.05) is 31.2 Å². The molecule has 0 amide bonds. The Balaban J connectivity index is 2.43. The van der Waals surface area contributed by atoms with Crippen molar-refractivity contribution in [3.8, 4) is 0 Å². The summed E-state index contributed by atoms with van der Waals surface area (Å²) in [6.45, 7) is 8.02. The number of hydrogen-bond donors (Lipinski definition) is 1. The Labute approximate surface area is 86.5 Å². The van der Waals surface area contributed by atoms with E-state index in [9.17, 15) is 0 Å². The third kappa shape index (κ3) is 1.36. The minimum Gasteiger partial charge on any atom is -0.313 e. The van der Waals surface area contributed by atoms with E-state index in [1.165, 1.54) is 17.5 Å². The molecular formula is C13H19N. The number of hydrogen-bond acceptors (Lipinski definition) is 1. The fourth-order valence-corrected chi connectivity index (χ4v) is 2.57. The van der Waals surface area contributed by atoms with Gasteiger partial charge in [-0.2, -0.15) is 0 Å². The number of rotatable bonds is 1. The molecule has 2 unspecified atom stereocenters. The highest BCUT2D eigenvalue weighted by Gasteiger charge is 2.37. The highest BCUT2D eigenvalue weighted by Crippen LogP contribution is 2.36. The lowest BCUT2D eigenvalue weighted by atomic mass is 9.75. The smallest absolute Gasteiger partial charge is 0.0134 e. The average molecular weight is 189 g/mol. The van der Waals surface area contributed by atoms with E-state index in [0.29, 0.717) is 11.5 Å². The summed E-state index contributed by atoms with van der Waals surface area (Å²) in [5, 5.41) is 3.54. The molecule has 1 aliphatic heterocycles. The van der Waals surface area contributed by atoms with E-state index in [4.69, 9.17) is 0 Å². The Hall–Kier alpha value is -0.820. The molecule has 1 aliphatic rings. The molecule has 1 nitrogen and oxygen atoms in total. The van der Waals surface area contributed by atoms with Crippen molar-refractivity contribution in [1.82, 2.24) is 5.32 Å². The first-order chi connectivity index (χ1) is 6.64. The Bertz CT molecular complexity index is 332. The van der Waals surface area contributed by atoms with Crippen LogP contribution in [0, 0.1) is 6.92 Å². The lowest BCUT2D eigenvalue weighted by Gasteiger charge is -2.30. The van der Waals surface area contributed by atoms with Gasteiger partial charge in [-0.05, 0) is 37.9 Å². The third-order valence-corrected chi connectivity index (χ3v) is 3.81. The van der Waals surface area contributed by atoms with E-state index in [0.717, 1.165) is 6.54 Å². The first kappa shape index (κ1) is 9.72. The molecule has 0 aliphatic carbocycles. The Morgan fingerprint density at radius 2 is 2.07 bits per heavy atom. The highest BCUT2D eigenvalue weighted by atomic mass is 15.0. The van der Waals surface area contributed by atoms with E-state index < -0.39 is 0 Å². The number of aryl methyl sites for hydroxylation is 1. The van der Waals surface area contributed by atoms with Crippen LogP contribution >= 0.6 is 0 Å². The summed E-state index contributed by atoms with van der Waals surface area (Å²) in [4.78, 5) is 0. The van der Waals surface area contributed by atoms with Crippen molar-refractivity contribution in [2.75, 3.05) is 6.54 Å². The molecule has 0 radical (unpaired) electrons. The van der Waals surface area contributed by atoms with Gasteiger partial charge >= 0.3 is 0 Å². The standard InChI is InChI=1S/C13H19N/c1-10-6-4-5-7-12(10)13(3)8-9-14-11(13)2/h4-7,11,14H,8-9H2,1-3H3. The zero-order valence-corrected chi connectivity index (χ0v) is 9.30. The SMILES string of the molecule is Cc1ccccc1C1(C)CCNC1C. The van der Waals surface area contributed by atoms with Crippen LogP contribution in [-0.4, -0.2) is 12.6 Å². The minimum atomic E-state index is 0.325. The molecule has 0 bridgehead atoms. The van der Waals surface area contributed by atoms with Gasteiger partial charge in [0.2, 0.25) is 0 Å². The molecule has 0 spiro atoms. The second-order valence-electron chi connectivity index (χ2n) is 4.66. The van der Waals surface area contributed by atoms with E-state index in [1.807, 2.05) is 0 Å². The summed E-state index contributed by atoms with van der Waals surface area (Å²) >= 11 is 0. The molecule has 1 heterocycles. The normalized spacial score (nSPS) is 32.1. The van der Waals surface area contributed by atoms with Gasteiger partial charge < -0.3 is 5.32 Å². The van der Waals surface area contributed by atoms with Crippen molar-refractivity contribution >= 4 is 0 Å². The molecule has 1 fully saturated rings. The maximum absolute atomic E-state index is 3.54. The molecule has 14 heavy (non-hydrogen) atoms. The molecule has 76 valence electrons. The van der Waals surface area contributed by atoms with Crippen LogP contribution in [0.1, 0.15) is 31.4 Å². The van der Waals surface area contributed by atoms with Crippen LogP contribution in [0.3, 0.4) is 0 Å². The van der Waals surface area contributed by atoms with Crippen LogP contribution in [0.5, 0.6) is 0 Å². The lowest BCUT2D eigenvalue weighted by molar-refractivity contribution is 0.425. The van der Waals surface area contributed by atoms with Gasteiger partial charge in [0, 0.05) is 11.5 Å². The van der Waals surface area contributed by atoms with E-state index in [-0.39, 0.29) is 0 Å². The first-order valence-corrected chi connectivity index (χ1v) is 5.44. The minimum absolute atomic E-state index is 0.325. The van der Waals surface area contributed by atoms with Crippen molar-refractivity contribution < 1.29 is 0 Å². The lowest BCUT2D eigenvalue weighted by Crippen LogP contribution is -2.35. The van der Waals surface area contributed by atoms with Crippen LogP contribution in [0.25, 0.3) is 0 Å². The van der Waals surface area contributed by atoms with E-state index >= 15 is 0 Å². The maximum atomic E-state index is 3.54. The Kier molecular flexibility index (Phi) is 2.36. The molecule has 2 rings (SSSR count). The van der Waals surface area contributed by atoms with Crippen LogP contribution < -0.4 is 5.32 Å². The molecule has 1 aromatic rings. The topological polar surface area (TPSA) is 12.0 Å². The Morgan fingerprint density at radius 1 is 1.36 bits per heavy atom. The molecule has 1 N–H and O–H groups in total. The van der Waals surface area contributed by atoms with Gasteiger partial charge in [-0.3, -0.25) is 0 Å². The second-order valence-corrected chi connectivity index (χ2v) is 4.66. The number of benzene rings is 1. The second kappa shape index (κ2) is 3.39. The highest BCUT2D eigenvalue weighted by molar-refractivity contribution is 5.35. The fraction of sp³-hybridized carbons (Fsp3) is 0.538. The van der Waals surface area contributed by atoms with Crippen molar-refractivity contribution in [2.24, 2.45) is 0 Å². The largest absolute Gasteiger partial charge is 0.313 e. The summed E-state index contributed by atoms with van der Waals surface area (Å²) in [6, 6.07) is 9.35. The summed E-state index contributed by atoms with van der Waals surface area (Å²) < 4.78 is 0. The predicted octanol–water partition coefficient (Wildman–Crippen LogP) is 2.63. The monoisotopic (exact) mass is 189 g/mol. The van der Waals surface area contributed by atoms with Gasteiger partial charge in [-0.15, -0.1) is 0 Å². The summed E-state index contributed by atoms with van der Waals surface area (Å²) in [5.41, 5.74) is 3.26. The van der Waals surface area contributed by atoms with Crippen molar-refractivity contribution in [2.45, 2.75) is 38.6 Å². The fourth-order valence-electron chi connectivity index (χ4n) is 2.57. The van der Waals surface area contributed by atoms with Crippen LogP contribution in [0.15, 0.2) is 24.3 Å². The zero-order valence-electron chi connectivity index (χ0n) is 9.30. The molecule has 2 atom stereocenters. The van der Waals surface area contributed by atoms with Crippen molar-refractivity contribution in [3.63, 3.8) is 0 Å². The van der Waals surface area contributed by atoms with Gasteiger partial charge in [0.15, 0.2) is 0 Å². The molecule has 0 aromatic heterocycles. The third-order valence-electron chi connectivity index (χ3n) is 3.81. The first-order valence-electron chi connectivity index (χ1n) is 5.44. The summed E-state index contributed by atoms with van der Waals surface area (Å²) in [6.07, 6.45) is 1.25. The molecule has 1 saturated heterocycles. The maximum Gasteiger partial charge on any atom is 0.0134 e. The van der Waals surface area contributed by atoms with Gasteiger partial charge in [0.05, 0.1) is 0 Å². The summed E-state index contributed by atoms with van der Waals surface area (Å²) in [7, 11) is 0. The van der Waals surface area contributed by atoms with E-state index in [2.05, 4.69) is 50.4 Å². The number of nitrogens with one attached hydrogen (secondary N) is 1. The van der Waals surface area contributed by atoms with Gasteiger partial charge in [0.25, 0.3) is 0 Å². The van der Waals surface area contributed by atoms with E-state index in [1.54, 1.807) is 0 Å².